The van der Waals surface area contributed by atoms with Crippen molar-refractivity contribution >= 4 is 5.69 Å². The summed E-state index contributed by atoms with van der Waals surface area (Å²) in [7, 11) is 0. The molecule has 1 saturated carbocycles. The first-order valence-electron chi connectivity index (χ1n) is 7.31. The maximum atomic E-state index is 12.5. The molecule has 3 rings (SSSR count). The van der Waals surface area contributed by atoms with Gasteiger partial charge in [0.05, 0.1) is 11.4 Å². The predicted octanol–water partition coefficient (Wildman–Crippen LogP) is 2.82. The number of hydrogen-bond donors (Lipinski definition) is 1. The number of hydrogen-bond acceptors (Lipinski definition) is 2. The minimum atomic E-state index is -0.0778. The Bertz CT molecular complexity index is 692. The van der Waals surface area contributed by atoms with Gasteiger partial charge >= 0.3 is 0 Å². The SMILES string of the molecule is CCCn1c(C2CC2)c(N)c(=O)n1-c1cccc(C)c1. The van der Waals surface area contributed by atoms with Crippen LogP contribution in [0.15, 0.2) is 29.1 Å². The third-order valence-electron chi connectivity index (χ3n) is 3.86. The van der Waals surface area contributed by atoms with E-state index in [0.717, 1.165) is 42.8 Å². The van der Waals surface area contributed by atoms with E-state index in [1.807, 2.05) is 31.2 Å². The second-order valence-electron chi connectivity index (χ2n) is 5.65. The van der Waals surface area contributed by atoms with Crippen molar-refractivity contribution < 1.29 is 0 Å². The summed E-state index contributed by atoms with van der Waals surface area (Å²) in [6.45, 7) is 4.98. The number of aryl methyl sites for hydroxylation is 1. The Morgan fingerprint density at radius 1 is 1.35 bits per heavy atom. The molecular weight excluding hydrogens is 250 g/mol. The van der Waals surface area contributed by atoms with Gasteiger partial charge in [-0.05, 0) is 43.9 Å². The molecule has 2 aromatic rings. The lowest BCUT2D eigenvalue weighted by molar-refractivity contribution is 0.514. The van der Waals surface area contributed by atoms with E-state index in [2.05, 4.69) is 11.6 Å². The van der Waals surface area contributed by atoms with Crippen molar-refractivity contribution in [3.63, 3.8) is 0 Å². The molecule has 1 fully saturated rings. The average Bonchev–Trinajstić information content (AvgIpc) is 3.20. The van der Waals surface area contributed by atoms with Crippen LogP contribution in [-0.4, -0.2) is 9.36 Å². The Balaban J connectivity index is 2.23. The average molecular weight is 271 g/mol. The van der Waals surface area contributed by atoms with Crippen LogP contribution < -0.4 is 11.3 Å². The van der Waals surface area contributed by atoms with Crippen molar-refractivity contribution in [2.24, 2.45) is 0 Å². The molecule has 0 spiro atoms. The normalized spacial score (nSPS) is 14.7. The predicted molar refractivity (Wildman–Crippen MR) is 81.4 cm³/mol. The van der Waals surface area contributed by atoms with E-state index in [1.165, 1.54) is 0 Å². The lowest BCUT2D eigenvalue weighted by Crippen LogP contribution is -2.22. The number of aromatic nitrogens is 2. The number of rotatable bonds is 4. The van der Waals surface area contributed by atoms with E-state index >= 15 is 0 Å². The molecule has 106 valence electrons. The zero-order valence-corrected chi connectivity index (χ0v) is 12.1. The van der Waals surface area contributed by atoms with E-state index in [0.29, 0.717) is 11.6 Å². The first-order chi connectivity index (χ1) is 9.63. The molecule has 4 heteroatoms. The van der Waals surface area contributed by atoms with E-state index in [-0.39, 0.29) is 5.56 Å². The second-order valence-corrected chi connectivity index (χ2v) is 5.65. The van der Waals surface area contributed by atoms with E-state index in [4.69, 9.17) is 5.73 Å². The molecule has 0 radical (unpaired) electrons. The fraction of sp³-hybridized carbons (Fsp3) is 0.438. The molecule has 1 aromatic carbocycles. The Hall–Kier alpha value is -1.97. The van der Waals surface area contributed by atoms with Gasteiger partial charge in [-0.3, -0.25) is 9.48 Å². The number of nitrogen functional groups attached to an aromatic ring is 1. The molecule has 0 aliphatic heterocycles. The van der Waals surface area contributed by atoms with Crippen molar-refractivity contribution in [2.45, 2.75) is 45.6 Å². The van der Waals surface area contributed by atoms with Crippen molar-refractivity contribution in [3.05, 3.63) is 45.9 Å². The lowest BCUT2D eigenvalue weighted by Gasteiger charge is -2.14. The minimum Gasteiger partial charge on any atom is -0.393 e. The first-order valence-corrected chi connectivity index (χ1v) is 7.31. The van der Waals surface area contributed by atoms with Gasteiger partial charge in [-0.1, -0.05) is 19.1 Å². The zero-order chi connectivity index (χ0) is 14.3. The molecule has 0 amide bonds. The van der Waals surface area contributed by atoms with Crippen LogP contribution in [0.25, 0.3) is 5.69 Å². The van der Waals surface area contributed by atoms with Crippen molar-refractivity contribution in [3.8, 4) is 5.69 Å². The van der Waals surface area contributed by atoms with E-state index < -0.39 is 0 Å². The molecular formula is C16H21N3O. The van der Waals surface area contributed by atoms with Crippen LogP contribution in [0.3, 0.4) is 0 Å². The van der Waals surface area contributed by atoms with E-state index in [9.17, 15) is 4.79 Å². The number of anilines is 1. The number of nitrogens with zero attached hydrogens (tertiary/aromatic N) is 2. The minimum absolute atomic E-state index is 0.0778. The maximum Gasteiger partial charge on any atom is 0.294 e. The quantitative estimate of drug-likeness (QED) is 0.929. The molecule has 0 saturated heterocycles. The van der Waals surface area contributed by atoms with Crippen LogP contribution in [0.5, 0.6) is 0 Å². The highest BCUT2D eigenvalue weighted by atomic mass is 16.1. The summed E-state index contributed by atoms with van der Waals surface area (Å²) in [4.78, 5) is 12.5. The van der Waals surface area contributed by atoms with Gasteiger partial charge in [0, 0.05) is 12.5 Å². The van der Waals surface area contributed by atoms with E-state index in [1.54, 1.807) is 4.68 Å². The standard InChI is InChI=1S/C16H21N3O/c1-3-9-18-15(12-7-8-12)14(17)16(20)19(18)13-6-4-5-11(2)10-13/h4-6,10,12H,3,7-9,17H2,1-2H3. The molecule has 0 unspecified atom stereocenters. The van der Waals surface area contributed by atoms with Crippen molar-refractivity contribution in [1.29, 1.82) is 0 Å². The van der Waals surface area contributed by atoms with Crippen LogP contribution in [0.1, 0.15) is 43.4 Å². The van der Waals surface area contributed by atoms with Gasteiger partial charge in [-0.25, -0.2) is 4.68 Å². The summed E-state index contributed by atoms with van der Waals surface area (Å²) in [5, 5.41) is 0. The van der Waals surface area contributed by atoms with Crippen molar-refractivity contribution in [2.75, 3.05) is 5.73 Å². The highest BCUT2D eigenvalue weighted by Crippen LogP contribution is 2.42. The summed E-state index contributed by atoms with van der Waals surface area (Å²) in [6, 6.07) is 8.01. The summed E-state index contributed by atoms with van der Waals surface area (Å²) in [5.41, 5.74) is 9.54. The Morgan fingerprint density at radius 2 is 2.10 bits per heavy atom. The smallest absolute Gasteiger partial charge is 0.294 e. The Kier molecular flexibility index (Phi) is 3.16. The Morgan fingerprint density at radius 3 is 2.70 bits per heavy atom. The van der Waals surface area contributed by atoms with Crippen LogP contribution >= 0.6 is 0 Å². The molecule has 0 atom stereocenters. The molecule has 4 nitrogen and oxygen atoms in total. The fourth-order valence-corrected chi connectivity index (χ4v) is 2.82. The summed E-state index contributed by atoms with van der Waals surface area (Å²) >= 11 is 0. The van der Waals surface area contributed by atoms with Crippen LogP contribution in [0, 0.1) is 6.92 Å². The van der Waals surface area contributed by atoms with Gasteiger partial charge in [0.15, 0.2) is 0 Å². The summed E-state index contributed by atoms with van der Waals surface area (Å²) in [5.74, 6) is 0.473. The highest BCUT2D eigenvalue weighted by Gasteiger charge is 2.32. The third-order valence-corrected chi connectivity index (χ3v) is 3.86. The molecule has 1 aliphatic rings. The Labute approximate surface area is 118 Å². The molecule has 20 heavy (non-hydrogen) atoms. The molecule has 0 bridgehead atoms. The van der Waals surface area contributed by atoms with Crippen LogP contribution in [-0.2, 0) is 6.54 Å². The molecule has 1 heterocycles. The number of nitrogens with two attached hydrogens (primary N) is 1. The topological polar surface area (TPSA) is 52.9 Å². The monoisotopic (exact) mass is 271 g/mol. The highest BCUT2D eigenvalue weighted by molar-refractivity contribution is 5.49. The first kappa shape index (κ1) is 13.0. The zero-order valence-electron chi connectivity index (χ0n) is 12.1. The van der Waals surface area contributed by atoms with Crippen LogP contribution in [0.4, 0.5) is 5.69 Å². The number of benzene rings is 1. The van der Waals surface area contributed by atoms with Gasteiger partial charge in [-0.15, -0.1) is 0 Å². The van der Waals surface area contributed by atoms with Gasteiger partial charge in [0.2, 0.25) is 0 Å². The molecule has 2 N–H and O–H groups in total. The van der Waals surface area contributed by atoms with Crippen molar-refractivity contribution in [1.82, 2.24) is 9.36 Å². The largest absolute Gasteiger partial charge is 0.393 e. The molecule has 1 aliphatic carbocycles. The third kappa shape index (κ3) is 2.05. The van der Waals surface area contributed by atoms with Gasteiger partial charge in [0.1, 0.15) is 5.69 Å². The van der Waals surface area contributed by atoms with Gasteiger partial charge < -0.3 is 5.73 Å². The second kappa shape index (κ2) is 4.85. The fourth-order valence-electron chi connectivity index (χ4n) is 2.82. The maximum absolute atomic E-state index is 12.5. The van der Waals surface area contributed by atoms with Gasteiger partial charge in [0.25, 0.3) is 5.56 Å². The lowest BCUT2D eigenvalue weighted by atomic mass is 10.2. The summed E-state index contributed by atoms with van der Waals surface area (Å²) < 4.78 is 3.84. The van der Waals surface area contributed by atoms with Crippen LogP contribution in [0.2, 0.25) is 0 Å². The molecule has 1 aromatic heterocycles. The van der Waals surface area contributed by atoms with Gasteiger partial charge in [-0.2, -0.15) is 0 Å². The summed E-state index contributed by atoms with van der Waals surface area (Å²) in [6.07, 6.45) is 3.27.